The first kappa shape index (κ1) is 19.3. The molecule has 1 aromatic rings. The number of hydrogen-bond acceptors (Lipinski definition) is 7. The largest absolute Gasteiger partial charge is 1.00 e. The number of amides is 1. The van der Waals surface area contributed by atoms with Crippen LogP contribution >= 0.6 is 0 Å². The van der Waals surface area contributed by atoms with Crippen LogP contribution in [-0.4, -0.2) is 41.3 Å². The molecule has 3 heterocycles. The first-order valence-electron chi connectivity index (χ1n) is 6.85. The van der Waals surface area contributed by atoms with Gasteiger partial charge in [-0.05, 0) is 23.8 Å². The minimum atomic E-state index is -3.85. The number of aromatic nitrogens is 1. The van der Waals surface area contributed by atoms with E-state index in [9.17, 15) is 23.1 Å². The van der Waals surface area contributed by atoms with Crippen molar-refractivity contribution in [2.24, 2.45) is 0 Å². The van der Waals surface area contributed by atoms with Crippen molar-refractivity contribution in [3.8, 4) is 6.07 Å². The Bertz CT molecular complexity index is 947. The minimum absolute atomic E-state index is 0. The molecular weight excluding hydrogens is 357 g/mol. The molecule has 0 radical (unpaired) electrons. The van der Waals surface area contributed by atoms with Crippen molar-refractivity contribution in [3.63, 3.8) is 0 Å². The Morgan fingerprint density at radius 2 is 2.20 bits per heavy atom. The second kappa shape index (κ2) is 7.09. The van der Waals surface area contributed by atoms with E-state index in [4.69, 9.17) is 5.26 Å². The number of hydrogen-bond donors (Lipinski definition) is 0. The number of carboxylic acids is 1. The molecule has 0 spiro atoms. The quantitative estimate of drug-likeness (QED) is 0.302. The van der Waals surface area contributed by atoms with E-state index < -0.39 is 45.0 Å². The molecule has 0 aromatic carbocycles. The summed E-state index contributed by atoms with van der Waals surface area (Å²) in [7, 11) is -3.85. The Morgan fingerprint density at radius 3 is 2.76 bits per heavy atom. The number of nitriles is 1. The summed E-state index contributed by atoms with van der Waals surface area (Å²) in [5.74, 6) is -3.02. The van der Waals surface area contributed by atoms with Crippen LogP contribution in [0.1, 0.15) is 12.1 Å². The van der Waals surface area contributed by atoms with Gasteiger partial charge < -0.3 is 9.90 Å². The Labute approximate surface area is 165 Å². The second-order valence-electron chi connectivity index (χ2n) is 5.26. The van der Waals surface area contributed by atoms with E-state index in [2.05, 4.69) is 4.98 Å². The Balaban J connectivity index is 0.00000225. The smallest absolute Gasteiger partial charge is 0.543 e. The number of carboxylic acid groups (broad SMARTS) is 1. The summed E-state index contributed by atoms with van der Waals surface area (Å²) in [6, 6.07) is 6.64. The Kier molecular flexibility index (Phi) is 5.49. The van der Waals surface area contributed by atoms with Crippen molar-refractivity contribution in [1.82, 2.24) is 9.88 Å². The number of aliphatic carboxylic acids is 1. The van der Waals surface area contributed by atoms with Gasteiger partial charge in [-0.3, -0.25) is 14.7 Å². The van der Waals surface area contributed by atoms with Gasteiger partial charge in [0.15, 0.2) is 15.2 Å². The molecule has 1 aromatic heterocycles. The average Bonchev–Trinajstić information content (AvgIpc) is 2.52. The zero-order valence-electron chi connectivity index (χ0n) is 13.2. The molecule has 1 amide bonds. The molecule has 3 rings (SSSR count). The van der Waals surface area contributed by atoms with Gasteiger partial charge in [-0.2, -0.15) is 5.26 Å². The van der Waals surface area contributed by atoms with Crippen molar-refractivity contribution in [1.29, 1.82) is 5.26 Å². The van der Waals surface area contributed by atoms with E-state index in [1.165, 1.54) is 12.3 Å². The zero-order valence-corrected chi connectivity index (χ0v) is 16.0. The van der Waals surface area contributed by atoms with Crippen LogP contribution in [0.25, 0.3) is 6.08 Å². The number of carbonyl (C=O) groups excluding carboxylic acids is 2. The third kappa shape index (κ3) is 3.26. The number of nitrogens with zero attached hydrogens (tertiary/aromatic N) is 3. The summed E-state index contributed by atoms with van der Waals surface area (Å²) < 4.78 is 24.9. The monoisotopic (exact) mass is 367 g/mol. The van der Waals surface area contributed by atoms with Crippen LogP contribution in [0.3, 0.4) is 0 Å². The van der Waals surface area contributed by atoms with E-state index in [-0.39, 0.29) is 40.7 Å². The van der Waals surface area contributed by atoms with Crippen molar-refractivity contribution in [3.05, 3.63) is 46.9 Å². The second-order valence-corrected chi connectivity index (χ2v) is 7.32. The Morgan fingerprint density at radius 1 is 1.48 bits per heavy atom. The fourth-order valence-electron chi connectivity index (χ4n) is 2.78. The molecular formula is C15H10N3NaO5S. The van der Waals surface area contributed by atoms with Crippen LogP contribution in [0, 0.1) is 11.3 Å². The normalized spacial score (nSPS) is 22.5. The topological polar surface area (TPSA) is 131 Å². The van der Waals surface area contributed by atoms with Crippen molar-refractivity contribution >= 4 is 27.8 Å². The maximum Gasteiger partial charge on any atom is 1.00 e. The number of β-lactam (4-membered cyclic amide) rings is 1. The molecule has 2 aliphatic heterocycles. The average molecular weight is 367 g/mol. The number of fused-ring (bicyclic) bond motifs is 1. The molecule has 2 aliphatic rings. The number of sulfone groups is 1. The van der Waals surface area contributed by atoms with E-state index in [1.54, 1.807) is 24.3 Å². The Hall–Kier alpha value is -1.99. The third-order valence-electron chi connectivity index (χ3n) is 3.73. The maximum atomic E-state index is 12.4. The summed E-state index contributed by atoms with van der Waals surface area (Å²) in [5, 5.41) is 18.7. The maximum absolute atomic E-state index is 12.4. The molecule has 25 heavy (non-hydrogen) atoms. The van der Waals surface area contributed by atoms with E-state index in [1.807, 2.05) is 0 Å². The molecule has 1 saturated heterocycles. The van der Waals surface area contributed by atoms with Crippen LogP contribution in [0.2, 0.25) is 0 Å². The zero-order chi connectivity index (χ0) is 17.5. The predicted octanol–water partition coefficient (Wildman–Crippen LogP) is -4.02. The molecule has 0 N–H and O–H groups in total. The standard InChI is InChI=1S/C15H11N3O5S.Na/c16-5-4-9-8-24(22,23)14-11(7-10-3-1-2-6-17-10)13(19)18(14)12(9)15(20)21;/h1-3,6-7,14H,4,8H2,(H,20,21);/q;+1/p-1/b11-7-;. The van der Waals surface area contributed by atoms with E-state index >= 15 is 0 Å². The molecule has 1 unspecified atom stereocenters. The number of rotatable bonds is 3. The van der Waals surface area contributed by atoms with Crippen LogP contribution in [0.15, 0.2) is 41.2 Å². The predicted molar refractivity (Wildman–Crippen MR) is 78.9 cm³/mol. The molecule has 0 bridgehead atoms. The molecule has 1 fully saturated rings. The van der Waals surface area contributed by atoms with E-state index in [0.29, 0.717) is 10.6 Å². The van der Waals surface area contributed by atoms with Gasteiger partial charge in [0.1, 0.15) is 0 Å². The summed E-state index contributed by atoms with van der Waals surface area (Å²) in [6.07, 6.45) is 2.40. The van der Waals surface area contributed by atoms with Crippen LogP contribution in [0.5, 0.6) is 0 Å². The van der Waals surface area contributed by atoms with Crippen molar-refractivity contribution < 1.29 is 52.7 Å². The fraction of sp³-hybridized carbons (Fsp3) is 0.200. The van der Waals surface area contributed by atoms with Crippen LogP contribution in [0.4, 0.5) is 0 Å². The van der Waals surface area contributed by atoms with E-state index in [0.717, 1.165) is 0 Å². The molecule has 1 atom stereocenters. The van der Waals surface area contributed by atoms with Gasteiger partial charge in [0.05, 0.1) is 41.2 Å². The first-order valence-corrected chi connectivity index (χ1v) is 8.56. The number of carbonyl (C=O) groups is 2. The fourth-order valence-corrected chi connectivity index (χ4v) is 4.74. The summed E-state index contributed by atoms with van der Waals surface area (Å²) in [6.45, 7) is 0. The van der Waals surface area contributed by atoms with Crippen LogP contribution in [-0.2, 0) is 19.4 Å². The minimum Gasteiger partial charge on any atom is -0.543 e. The van der Waals surface area contributed by atoms with Crippen LogP contribution < -0.4 is 34.7 Å². The summed E-state index contributed by atoms with van der Waals surface area (Å²) in [5.41, 5.74) is -0.334. The molecule has 10 heteroatoms. The van der Waals surface area contributed by atoms with Gasteiger partial charge in [-0.1, -0.05) is 6.07 Å². The number of pyridine rings is 1. The van der Waals surface area contributed by atoms with Gasteiger partial charge in [0.2, 0.25) is 0 Å². The van der Waals surface area contributed by atoms with Gasteiger partial charge in [0, 0.05) is 6.20 Å². The van der Waals surface area contributed by atoms with Crippen molar-refractivity contribution in [2.45, 2.75) is 11.8 Å². The molecule has 0 aliphatic carbocycles. The molecule has 122 valence electrons. The van der Waals surface area contributed by atoms with Gasteiger partial charge in [-0.25, -0.2) is 8.42 Å². The molecule has 0 saturated carbocycles. The summed E-state index contributed by atoms with van der Waals surface area (Å²) in [4.78, 5) is 28.3. The van der Waals surface area contributed by atoms with Gasteiger partial charge >= 0.3 is 29.6 Å². The van der Waals surface area contributed by atoms with Gasteiger partial charge in [-0.15, -0.1) is 0 Å². The SMILES string of the molecule is N#CCC1=C(C(=O)[O-])N2C(=O)/C(=C/c3ccccn3)C2S(=O)(=O)C1.[Na+]. The first-order chi connectivity index (χ1) is 11.4. The van der Waals surface area contributed by atoms with Crippen molar-refractivity contribution in [2.75, 3.05) is 5.75 Å². The summed E-state index contributed by atoms with van der Waals surface area (Å²) >= 11 is 0. The molecule has 8 nitrogen and oxygen atoms in total. The van der Waals surface area contributed by atoms with Gasteiger partial charge in [0.25, 0.3) is 5.91 Å². The third-order valence-corrected chi connectivity index (χ3v) is 5.63.